The summed E-state index contributed by atoms with van der Waals surface area (Å²) in [5.41, 5.74) is 0.803. The Hall–Kier alpha value is -3.18. The lowest BCUT2D eigenvalue weighted by Gasteiger charge is -2.24. The number of carbonyl (C=O) groups excluding carboxylic acids is 2. The van der Waals surface area contributed by atoms with Gasteiger partial charge in [0.2, 0.25) is 15.9 Å². The lowest BCUT2D eigenvalue weighted by Crippen LogP contribution is -2.35. The summed E-state index contributed by atoms with van der Waals surface area (Å²) in [7, 11) is -3.58. The Morgan fingerprint density at radius 3 is 2.47 bits per heavy atom. The quantitative estimate of drug-likeness (QED) is 0.614. The van der Waals surface area contributed by atoms with Gasteiger partial charge in [0, 0.05) is 26.1 Å². The number of hydrogen-bond donors (Lipinski definition) is 2. The first-order valence-corrected chi connectivity index (χ1v) is 12.6. The van der Waals surface area contributed by atoms with Crippen LogP contribution in [0.5, 0.6) is 0 Å². The normalized spacial score (nSPS) is 25.8. The van der Waals surface area contributed by atoms with Crippen LogP contribution in [0.4, 0.5) is 20.6 Å². The van der Waals surface area contributed by atoms with Gasteiger partial charge in [-0.25, -0.2) is 22.3 Å². The number of hydrogen-bond acceptors (Lipinski definition) is 6. The zero-order chi connectivity index (χ0) is 24.0. The van der Waals surface area contributed by atoms with Crippen LogP contribution in [-0.4, -0.2) is 58.7 Å². The first-order valence-electron chi connectivity index (χ1n) is 11.1. The Morgan fingerprint density at radius 1 is 1.12 bits per heavy atom. The lowest BCUT2D eigenvalue weighted by molar-refractivity contribution is -0.119. The summed E-state index contributed by atoms with van der Waals surface area (Å²) in [5.74, 6) is -0.427. The van der Waals surface area contributed by atoms with E-state index in [2.05, 4.69) is 10.0 Å². The van der Waals surface area contributed by atoms with E-state index < -0.39 is 28.0 Å². The van der Waals surface area contributed by atoms with Gasteiger partial charge in [-0.1, -0.05) is 18.2 Å². The van der Waals surface area contributed by atoms with Gasteiger partial charge >= 0.3 is 6.09 Å². The van der Waals surface area contributed by atoms with E-state index in [-0.39, 0.29) is 41.8 Å². The predicted octanol–water partition coefficient (Wildman–Crippen LogP) is 1.70. The summed E-state index contributed by atoms with van der Waals surface area (Å²) in [4.78, 5) is 26.7. The van der Waals surface area contributed by atoms with E-state index in [4.69, 9.17) is 4.74 Å². The van der Waals surface area contributed by atoms with Crippen molar-refractivity contribution in [3.05, 3.63) is 54.3 Å². The second-order valence-electron chi connectivity index (χ2n) is 8.88. The largest absolute Gasteiger partial charge is 0.442 e. The molecule has 1 saturated carbocycles. The van der Waals surface area contributed by atoms with Crippen molar-refractivity contribution in [1.29, 1.82) is 0 Å². The molecule has 34 heavy (non-hydrogen) atoms. The molecule has 1 unspecified atom stereocenters. The Balaban J connectivity index is 1.20. The molecule has 2 aromatic rings. The van der Waals surface area contributed by atoms with Crippen LogP contribution in [0, 0.1) is 17.7 Å². The van der Waals surface area contributed by atoms with E-state index in [9.17, 15) is 22.4 Å². The summed E-state index contributed by atoms with van der Waals surface area (Å²) in [5, 5.41) is 2.61. The van der Waals surface area contributed by atoms with Gasteiger partial charge < -0.3 is 15.0 Å². The zero-order valence-corrected chi connectivity index (χ0v) is 19.3. The number of amides is 2. The summed E-state index contributed by atoms with van der Waals surface area (Å²) in [6.45, 7) is 2.89. The fraction of sp³-hybridized carbons (Fsp3) is 0.391. The molecule has 9 nitrogen and oxygen atoms in total. The molecule has 3 fully saturated rings. The maximum absolute atomic E-state index is 15.0. The van der Waals surface area contributed by atoms with Gasteiger partial charge in [0.1, 0.15) is 11.9 Å². The van der Waals surface area contributed by atoms with Gasteiger partial charge in [-0.3, -0.25) is 9.69 Å². The van der Waals surface area contributed by atoms with Crippen molar-refractivity contribution in [2.75, 3.05) is 36.0 Å². The van der Waals surface area contributed by atoms with Gasteiger partial charge in [-0.05, 0) is 42.2 Å². The molecule has 180 valence electrons. The lowest BCUT2D eigenvalue weighted by atomic mass is 10.2. The maximum atomic E-state index is 15.0. The average molecular weight is 489 g/mol. The van der Waals surface area contributed by atoms with E-state index in [0.29, 0.717) is 24.5 Å². The molecule has 0 aromatic heterocycles. The topological polar surface area (TPSA) is 108 Å². The van der Waals surface area contributed by atoms with Crippen LogP contribution in [0.2, 0.25) is 0 Å². The monoisotopic (exact) mass is 488 g/mol. The number of piperidine rings is 1. The van der Waals surface area contributed by atoms with Gasteiger partial charge in [-0.2, -0.15) is 0 Å². The number of fused-ring (bicyclic) bond motifs is 1. The highest BCUT2D eigenvalue weighted by Gasteiger charge is 2.57. The van der Waals surface area contributed by atoms with Crippen LogP contribution in [0.25, 0.3) is 0 Å². The Morgan fingerprint density at radius 2 is 1.82 bits per heavy atom. The Labute approximate surface area is 196 Å². The van der Waals surface area contributed by atoms with Crippen molar-refractivity contribution in [3.63, 3.8) is 0 Å². The van der Waals surface area contributed by atoms with Crippen LogP contribution >= 0.6 is 0 Å². The molecule has 0 radical (unpaired) electrons. The highest BCUT2D eigenvalue weighted by molar-refractivity contribution is 7.89. The molecule has 2 aliphatic heterocycles. The molecule has 2 saturated heterocycles. The number of benzene rings is 2. The fourth-order valence-corrected chi connectivity index (χ4v) is 6.12. The summed E-state index contributed by atoms with van der Waals surface area (Å²) in [6.07, 6.45) is -1.08. The highest BCUT2D eigenvalue weighted by atomic mass is 32.2. The van der Waals surface area contributed by atoms with E-state index in [1.807, 2.05) is 4.90 Å². The fourth-order valence-electron chi connectivity index (χ4n) is 4.76. The van der Waals surface area contributed by atoms with Crippen molar-refractivity contribution < 1.29 is 27.1 Å². The van der Waals surface area contributed by atoms with Gasteiger partial charge in [0.05, 0.1) is 29.4 Å². The number of sulfonamides is 1. The van der Waals surface area contributed by atoms with Crippen LogP contribution < -0.4 is 19.8 Å². The molecule has 0 bridgehead atoms. The first kappa shape index (κ1) is 22.6. The van der Waals surface area contributed by atoms with Crippen molar-refractivity contribution in [1.82, 2.24) is 10.0 Å². The maximum Gasteiger partial charge on any atom is 0.414 e. The SMILES string of the molecule is CC(=O)NC[C@H]1CN(c2ccc(N3C[C@@H]4C(NS(=O)(=O)c5ccccc5)[C@@H]4C3)c(F)c2)C(=O)O1. The summed E-state index contributed by atoms with van der Waals surface area (Å²) >= 11 is 0. The molecule has 2 aromatic carbocycles. The molecule has 2 heterocycles. The minimum Gasteiger partial charge on any atom is -0.442 e. The zero-order valence-electron chi connectivity index (χ0n) is 18.5. The standard InChI is InChI=1S/C23H25FN4O5S/c1-14(29)25-10-16-11-28(23(30)33-16)15-7-8-21(20(24)9-15)27-12-18-19(13-27)22(18)26-34(31,32)17-5-3-2-4-6-17/h2-9,16,18-19,22,26H,10-13H2,1H3,(H,25,29)/t16-,18-,19+,22?/m0/s1. The van der Waals surface area contributed by atoms with Crippen LogP contribution in [0.1, 0.15) is 6.92 Å². The third kappa shape index (κ3) is 4.32. The molecular weight excluding hydrogens is 463 g/mol. The van der Waals surface area contributed by atoms with Crippen LogP contribution in [0.15, 0.2) is 53.4 Å². The third-order valence-electron chi connectivity index (χ3n) is 6.58. The predicted molar refractivity (Wildman–Crippen MR) is 122 cm³/mol. The van der Waals surface area contributed by atoms with E-state index in [1.54, 1.807) is 42.5 Å². The van der Waals surface area contributed by atoms with E-state index >= 15 is 0 Å². The minimum absolute atomic E-state index is 0.126. The highest BCUT2D eigenvalue weighted by Crippen LogP contribution is 2.48. The number of nitrogens with zero attached hydrogens (tertiary/aromatic N) is 2. The van der Waals surface area contributed by atoms with Crippen molar-refractivity contribution in [3.8, 4) is 0 Å². The summed E-state index contributed by atoms with van der Waals surface area (Å²) < 4.78 is 48.1. The number of nitrogens with one attached hydrogen (secondary N) is 2. The van der Waals surface area contributed by atoms with Gasteiger partial charge in [0.15, 0.2) is 0 Å². The van der Waals surface area contributed by atoms with Crippen molar-refractivity contribution in [2.24, 2.45) is 11.8 Å². The number of ether oxygens (including phenoxy) is 1. The second kappa shape index (κ2) is 8.55. The van der Waals surface area contributed by atoms with Crippen LogP contribution in [0.3, 0.4) is 0 Å². The number of anilines is 2. The molecule has 2 amide bonds. The van der Waals surface area contributed by atoms with Crippen molar-refractivity contribution in [2.45, 2.75) is 24.0 Å². The number of halogens is 1. The Kier molecular flexibility index (Phi) is 5.68. The average Bonchev–Trinajstić information content (AvgIpc) is 3.14. The molecule has 5 rings (SSSR count). The summed E-state index contributed by atoms with van der Waals surface area (Å²) in [6, 6.07) is 12.7. The molecular formula is C23H25FN4O5S. The van der Waals surface area contributed by atoms with E-state index in [0.717, 1.165) is 0 Å². The molecule has 4 atom stereocenters. The number of cyclic esters (lactones) is 1. The number of rotatable bonds is 7. The second-order valence-corrected chi connectivity index (χ2v) is 10.6. The third-order valence-corrected chi connectivity index (χ3v) is 8.05. The van der Waals surface area contributed by atoms with E-state index in [1.165, 1.54) is 17.9 Å². The Bertz CT molecular complexity index is 1210. The van der Waals surface area contributed by atoms with Crippen molar-refractivity contribution >= 4 is 33.4 Å². The molecule has 11 heteroatoms. The first-order chi connectivity index (χ1) is 16.2. The minimum atomic E-state index is -3.58. The molecule has 1 aliphatic carbocycles. The van der Waals surface area contributed by atoms with Gasteiger partial charge in [0.25, 0.3) is 0 Å². The molecule has 0 spiro atoms. The van der Waals surface area contributed by atoms with Crippen LogP contribution in [-0.2, 0) is 19.6 Å². The van der Waals surface area contributed by atoms with Gasteiger partial charge in [-0.15, -0.1) is 0 Å². The smallest absolute Gasteiger partial charge is 0.414 e. The number of carbonyl (C=O) groups is 2. The molecule has 3 aliphatic rings. The molecule has 2 N–H and O–H groups in total.